The molecule has 5 aliphatic carbocycles. The van der Waals surface area contributed by atoms with Crippen LogP contribution >= 0.6 is 0 Å². The van der Waals surface area contributed by atoms with Crippen molar-refractivity contribution in [1.29, 1.82) is 0 Å². The molecule has 26 heavy (non-hydrogen) atoms. The summed E-state index contributed by atoms with van der Waals surface area (Å²) in [6, 6.07) is 4.38. The molecule has 0 saturated heterocycles. The third-order valence-corrected chi connectivity index (χ3v) is 8.03. The number of fused-ring (bicyclic) bond motifs is 1. The molecule has 1 aromatic rings. The fraction of sp³-hybridized carbons (Fsp3) is 0.750. The van der Waals surface area contributed by atoms with Crippen LogP contribution in [0.15, 0.2) is 12.1 Å². The summed E-state index contributed by atoms with van der Waals surface area (Å²) in [5.74, 6) is 3.71. The van der Waals surface area contributed by atoms with E-state index in [1.807, 2.05) is 0 Å². The van der Waals surface area contributed by atoms with Crippen molar-refractivity contribution >= 4 is 5.78 Å². The monoisotopic (exact) mass is 351 g/mol. The summed E-state index contributed by atoms with van der Waals surface area (Å²) in [6.45, 7) is 2.25. The minimum absolute atomic E-state index is 0.345. The molecule has 5 aliphatic rings. The van der Waals surface area contributed by atoms with Gasteiger partial charge in [0.05, 0.1) is 5.69 Å². The van der Waals surface area contributed by atoms with E-state index in [1.54, 1.807) is 0 Å². The molecule has 4 bridgehead atoms. The van der Waals surface area contributed by atoms with Crippen molar-refractivity contribution in [3.8, 4) is 0 Å². The minimum Gasteiger partial charge on any atom is -0.294 e. The van der Waals surface area contributed by atoms with Crippen LogP contribution in [-0.2, 0) is 11.8 Å². The molecular formula is C24H33NO. The quantitative estimate of drug-likeness (QED) is 0.621. The van der Waals surface area contributed by atoms with Gasteiger partial charge in [-0.3, -0.25) is 9.78 Å². The smallest absolute Gasteiger partial charge is 0.164 e. The zero-order chi connectivity index (χ0) is 17.7. The molecule has 1 unspecified atom stereocenters. The van der Waals surface area contributed by atoms with Crippen molar-refractivity contribution in [3.63, 3.8) is 0 Å². The van der Waals surface area contributed by atoms with Gasteiger partial charge in [-0.15, -0.1) is 0 Å². The first-order valence-electron chi connectivity index (χ1n) is 11.2. The van der Waals surface area contributed by atoms with Crippen LogP contribution in [0.3, 0.4) is 0 Å². The molecule has 4 fully saturated rings. The van der Waals surface area contributed by atoms with Crippen LogP contribution in [0.5, 0.6) is 0 Å². The molecule has 140 valence electrons. The molecule has 1 heterocycles. The molecule has 2 nitrogen and oxygen atoms in total. The van der Waals surface area contributed by atoms with Gasteiger partial charge in [0.2, 0.25) is 0 Å². The van der Waals surface area contributed by atoms with Crippen LogP contribution in [0.2, 0.25) is 0 Å². The third-order valence-electron chi connectivity index (χ3n) is 8.03. The highest BCUT2D eigenvalue weighted by molar-refractivity contribution is 5.98. The average molecular weight is 352 g/mol. The molecule has 0 spiro atoms. The molecule has 0 aromatic carbocycles. The first-order valence-corrected chi connectivity index (χ1v) is 11.2. The van der Waals surface area contributed by atoms with Crippen LogP contribution < -0.4 is 0 Å². The highest BCUT2D eigenvalue weighted by atomic mass is 16.1. The van der Waals surface area contributed by atoms with Crippen molar-refractivity contribution in [2.75, 3.05) is 0 Å². The summed E-state index contributed by atoms with van der Waals surface area (Å²) in [6.07, 6.45) is 15.3. The second kappa shape index (κ2) is 6.46. The fourth-order valence-corrected chi connectivity index (χ4v) is 7.24. The van der Waals surface area contributed by atoms with Crippen molar-refractivity contribution in [3.05, 3.63) is 29.1 Å². The Balaban J connectivity index is 1.41. The number of carbonyl (C=O) groups is 1. The summed E-state index contributed by atoms with van der Waals surface area (Å²) in [5.41, 5.74) is 3.76. The average Bonchev–Trinajstić information content (AvgIpc) is 2.60. The number of pyridine rings is 1. The first kappa shape index (κ1) is 17.0. The van der Waals surface area contributed by atoms with E-state index in [2.05, 4.69) is 19.1 Å². The van der Waals surface area contributed by atoms with Gasteiger partial charge in [0.15, 0.2) is 5.78 Å². The van der Waals surface area contributed by atoms with Gasteiger partial charge in [-0.05, 0) is 87.2 Å². The number of ketones is 1. The summed E-state index contributed by atoms with van der Waals surface area (Å²) in [5, 5.41) is 0. The molecule has 0 N–H and O–H groups in total. The molecule has 1 aromatic heterocycles. The molecule has 0 radical (unpaired) electrons. The van der Waals surface area contributed by atoms with Crippen molar-refractivity contribution in [2.45, 2.75) is 89.4 Å². The van der Waals surface area contributed by atoms with Gasteiger partial charge >= 0.3 is 0 Å². The van der Waals surface area contributed by atoms with Crippen LogP contribution in [0.25, 0.3) is 0 Å². The molecule has 1 atom stereocenters. The zero-order valence-corrected chi connectivity index (χ0v) is 16.3. The first-order chi connectivity index (χ1) is 12.6. The minimum atomic E-state index is 0.345. The predicted molar refractivity (Wildman–Crippen MR) is 104 cm³/mol. The van der Waals surface area contributed by atoms with Gasteiger partial charge in [0.25, 0.3) is 0 Å². The number of nitrogens with zero attached hydrogens (tertiary/aromatic N) is 1. The lowest BCUT2D eigenvalue weighted by Gasteiger charge is -2.56. The number of rotatable bonds is 5. The van der Waals surface area contributed by atoms with Crippen molar-refractivity contribution in [2.24, 2.45) is 23.7 Å². The molecule has 6 rings (SSSR count). The Labute approximate surface area is 158 Å². The predicted octanol–water partition coefficient (Wildman–Crippen LogP) is 5.87. The number of carbonyl (C=O) groups excluding carboxylic acids is 1. The summed E-state index contributed by atoms with van der Waals surface area (Å²) < 4.78 is 0. The highest BCUT2D eigenvalue weighted by Gasteiger charge is 2.52. The number of unbranched alkanes of at least 4 members (excludes halogenated alkanes) is 2. The second-order valence-electron chi connectivity index (χ2n) is 10.1. The van der Waals surface area contributed by atoms with Crippen LogP contribution in [-0.4, -0.2) is 10.8 Å². The van der Waals surface area contributed by atoms with E-state index in [-0.39, 0.29) is 0 Å². The van der Waals surface area contributed by atoms with E-state index in [0.717, 1.165) is 41.9 Å². The number of aromatic nitrogens is 1. The maximum absolute atomic E-state index is 12.6. The summed E-state index contributed by atoms with van der Waals surface area (Å²) in [4.78, 5) is 17.9. The normalized spacial score (nSPS) is 37.8. The fourth-order valence-electron chi connectivity index (χ4n) is 7.24. The highest BCUT2D eigenvalue weighted by Crippen LogP contribution is 2.60. The number of Topliss-reactive ketones (excluding diaryl/α,β-unsaturated/α-hetero) is 1. The van der Waals surface area contributed by atoms with Crippen LogP contribution in [0.4, 0.5) is 0 Å². The van der Waals surface area contributed by atoms with Gasteiger partial charge in [-0.25, -0.2) is 0 Å². The van der Waals surface area contributed by atoms with Gasteiger partial charge < -0.3 is 0 Å². The standard InChI is InChI=1S/C24H33NO/c1-2-3-4-5-16-11-21-20(22(26)12-16)6-7-23(25-21)24-13-17-8-18(14-24)10-19(9-17)15-24/h6-7,16-19H,2-5,8-15H2,1H3. The van der Waals surface area contributed by atoms with E-state index < -0.39 is 0 Å². The molecule has 2 heteroatoms. The Morgan fingerprint density at radius 2 is 1.69 bits per heavy atom. The van der Waals surface area contributed by atoms with Crippen molar-refractivity contribution < 1.29 is 4.79 Å². The Hall–Kier alpha value is -1.18. The largest absolute Gasteiger partial charge is 0.294 e. The zero-order valence-electron chi connectivity index (χ0n) is 16.3. The molecule has 4 saturated carbocycles. The summed E-state index contributed by atoms with van der Waals surface area (Å²) >= 11 is 0. The lowest BCUT2D eigenvalue weighted by atomic mass is 9.48. The second-order valence-corrected chi connectivity index (χ2v) is 10.1. The van der Waals surface area contributed by atoms with E-state index in [4.69, 9.17) is 4.98 Å². The SMILES string of the molecule is CCCCCC1CC(=O)c2ccc(C34CC5CC(CC(C5)C3)C4)nc2C1. The third kappa shape index (κ3) is 2.84. The van der Waals surface area contributed by atoms with Gasteiger partial charge in [-0.1, -0.05) is 26.2 Å². The molecular weight excluding hydrogens is 318 g/mol. The molecule has 0 aliphatic heterocycles. The van der Waals surface area contributed by atoms with Crippen LogP contribution in [0.1, 0.15) is 99.3 Å². The van der Waals surface area contributed by atoms with Gasteiger partial charge in [0.1, 0.15) is 0 Å². The Bertz CT molecular complexity index is 671. The van der Waals surface area contributed by atoms with Crippen LogP contribution in [0, 0.1) is 23.7 Å². The van der Waals surface area contributed by atoms with E-state index >= 15 is 0 Å². The Morgan fingerprint density at radius 1 is 1.00 bits per heavy atom. The van der Waals surface area contributed by atoms with E-state index in [9.17, 15) is 4.79 Å². The number of hydrogen-bond donors (Lipinski definition) is 0. The van der Waals surface area contributed by atoms with Crippen molar-refractivity contribution in [1.82, 2.24) is 4.98 Å². The van der Waals surface area contributed by atoms with E-state index in [0.29, 0.717) is 17.1 Å². The topological polar surface area (TPSA) is 30.0 Å². The maximum atomic E-state index is 12.6. The lowest BCUT2D eigenvalue weighted by molar-refractivity contribution is -0.00733. The Kier molecular flexibility index (Phi) is 4.21. The Morgan fingerprint density at radius 3 is 2.35 bits per heavy atom. The van der Waals surface area contributed by atoms with Gasteiger partial charge in [0, 0.05) is 23.1 Å². The summed E-state index contributed by atoms with van der Waals surface area (Å²) in [7, 11) is 0. The van der Waals surface area contributed by atoms with Gasteiger partial charge in [-0.2, -0.15) is 0 Å². The maximum Gasteiger partial charge on any atom is 0.164 e. The lowest BCUT2D eigenvalue weighted by Crippen LogP contribution is -2.49. The van der Waals surface area contributed by atoms with E-state index in [1.165, 1.54) is 69.9 Å². The molecule has 0 amide bonds. The number of hydrogen-bond acceptors (Lipinski definition) is 2.